The molecule has 7 aliphatic rings. The third kappa shape index (κ3) is 6.46. The molecule has 5 aliphatic carbocycles. The Labute approximate surface area is 342 Å². The van der Waals surface area contributed by atoms with Gasteiger partial charge in [-0.1, -0.05) is 40.2 Å². The number of carbonyl (C=O) groups excluding carboxylic acids is 1. The van der Waals surface area contributed by atoms with E-state index in [0.717, 1.165) is 24.8 Å². The Bertz CT molecular complexity index is 1750. The Hall–Kier alpha value is -2.58. The Balaban J connectivity index is 1.19. The molecule has 2 saturated heterocycles. The zero-order valence-corrected chi connectivity index (χ0v) is 34.5. The number of carboxylic acids is 3. The van der Waals surface area contributed by atoms with Gasteiger partial charge in [0.25, 0.3) is 0 Å². The van der Waals surface area contributed by atoms with Gasteiger partial charge in [0.2, 0.25) is 0 Å². The lowest BCUT2D eigenvalue weighted by atomic mass is 9.33. The predicted octanol–water partition coefficient (Wildman–Crippen LogP) is 1.22. The topological polar surface area (TPSA) is 287 Å². The van der Waals surface area contributed by atoms with Gasteiger partial charge in [-0.05, 0) is 104 Å². The van der Waals surface area contributed by atoms with Gasteiger partial charge in [0, 0.05) is 11.3 Å². The fourth-order valence-electron chi connectivity index (χ4n) is 13.4. The van der Waals surface area contributed by atoms with E-state index in [4.69, 9.17) is 18.9 Å². The van der Waals surface area contributed by atoms with Crippen molar-refractivity contribution in [2.75, 3.05) is 6.61 Å². The maximum Gasteiger partial charge on any atom is 0.335 e. The molecule has 0 amide bonds. The highest BCUT2D eigenvalue weighted by molar-refractivity contribution is 5.95. The first kappa shape index (κ1) is 44.5. The number of allylic oxidation sites excluding steroid dienone is 2. The molecule has 6 fully saturated rings. The second-order valence-corrected chi connectivity index (χ2v) is 20.5. The first-order chi connectivity index (χ1) is 27.3. The number of fused-ring (bicyclic) bond motifs is 7. The molecule has 4 saturated carbocycles. The lowest BCUT2D eigenvalue weighted by Crippen LogP contribution is -2.69. The highest BCUT2D eigenvalue weighted by Crippen LogP contribution is 2.75. The van der Waals surface area contributed by atoms with Gasteiger partial charge < -0.3 is 64.9 Å². The van der Waals surface area contributed by atoms with E-state index in [9.17, 15) is 65.1 Å². The summed E-state index contributed by atoms with van der Waals surface area (Å²) in [6, 6.07) is 0. The molecule has 20 atom stereocenters. The van der Waals surface area contributed by atoms with Crippen LogP contribution in [0.15, 0.2) is 11.6 Å². The van der Waals surface area contributed by atoms with Crippen LogP contribution in [-0.2, 0) is 38.1 Å². The number of aliphatic hydroxyl groups excluding tert-OH is 6. The van der Waals surface area contributed by atoms with Gasteiger partial charge in [-0.25, -0.2) is 9.59 Å². The maximum atomic E-state index is 14.9. The number of hydrogen-bond acceptors (Lipinski definition) is 14. The molecule has 3 unspecified atom stereocenters. The largest absolute Gasteiger partial charge is 0.481 e. The minimum absolute atomic E-state index is 0.0119. The van der Waals surface area contributed by atoms with E-state index in [0.29, 0.717) is 32.1 Å². The summed E-state index contributed by atoms with van der Waals surface area (Å²) in [6.45, 7) is 12.0. The van der Waals surface area contributed by atoms with Crippen LogP contribution in [0.5, 0.6) is 0 Å². The molecule has 2 heterocycles. The molecule has 0 aromatic rings. The van der Waals surface area contributed by atoms with Crippen molar-refractivity contribution < 1.29 is 84.1 Å². The summed E-state index contributed by atoms with van der Waals surface area (Å²) in [4.78, 5) is 51.4. The summed E-state index contributed by atoms with van der Waals surface area (Å²) in [6.07, 6.45) is -13.8. The molecule has 17 nitrogen and oxygen atoms in total. The highest BCUT2D eigenvalue weighted by atomic mass is 16.8. The second kappa shape index (κ2) is 14.8. The smallest absolute Gasteiger partial charge is 0.335 e. The van der Waals surface area contributed by atoms with E-state index < -0.39 is 125 Å². The summed E-state index contributed by atoms with van der Waals surface area (Å²) < 4.78 is 23.2. The van der Waals surface area contributed by atoms with Crippen molar-refractivity contribution in [1.82, 2.24) is 0 Å². The molecule has 0 aromatic carbocycles. The van der Waals surface area contributed by atoms with Crippen molar-refractivity contribution >= 4 is 23.7 Å². The molecule has 9 N–H and O–H groups in total. The minimum Gasteiger partial charge on any atom is -0.481 e. The summed E-state index contributed by atoms with van der Waals surface area (Å²) in [7, 11) is 0. The Morgan fingerprint density at radius 3 is 1.92 bits per heavy atom. The van der Waals surface area contributed by atoms with Crippen molar-refractivity contribution in [3.63, 3.8) is 0 Å². The number of aliphatic carboxylic acids is 3. The SMILES string of the molecule is C[C@@]1(C(=O)O)CC[C@]2(C)CC[C@]3(C)C(=CC(=O)[C@@H]4[C@@]5(C)CC[C@H](OC6O[C@H](C(=O)O)[C@@H](O)[C@H](O)C6OC6O[C@H](C(=O)O)[C@@H](O)[C@H](O)[C@H]6O)[C@](C)(CO)[C@@H]5CC[C@]43C)[C@H]2C1. The van der Waals surface area contributed by atoms with Crippen LogP contribution in [0.1, 0.15) is 99.3 Å². The van der Waals surface area contributed by atoms with Gasteiger partial charge >= 0.3 is 17.9 Å². The van der Waals surface area contributed by atoms with Crippen LogP contribution < -0.4 is 0 Å². The van der Waals surface area contributed by atoms with Crippen LogP contribution in [0, 0.1) is 50.2 Å². The van der Waals surface area contributed by atoms with Crippen molar-refractivity contribution in [3.05, 3.63) is 11.6 Å². The highest BCUT2D eigenvalue weighted by Gasteiger charge is 2.71. The average Bonchev–Trinajstić information content (AvgIpc) is 3.16. The Morgan fingerprint density at radius 2 is 1.32 bits per heavy atom. The lowest BCUT2D eigenvalue weighted by Gasteiger charge is -2.70. The van der Waals surface area contributed by atoms with Crippen LogP contribution in [0.3, 0.4) is 0 Å². The maximum absolute atomic E-state index is 14.9. The number of hydrogen-bond donors (Lipinski definition) is 9. The third-order valence-corrected chi connectivity index (χ3v) is 17.4. The van der Waals surface area contributed by atoms with Crippen LogP contribution in [0.4, 0.5) is 0 Å². The van der Waals surface area contributed by atoms with Gasteiger partial charge in [-0.3, -0.25) is 9.59 Å². The van der Waals surface area contributed by atoms with Crippen molar-refractivity contribution in [1.29, 1.82) is 0 Å². The predicted molar refractivity (Wildman–Crippen MR) is 201 cm³/mol. The summed E-state index contributed by atoms with van der Waals surface area (Å²) in [5, 5.41) is 94.3. The van der Waals surface area contributed by atoms with Crippen molar-refractivity contribution in [2.24, 2.45) is 50.2 Å². The van der Waals surface area contributed by atoms with Gasteiger partial charge in [0.05, 0.1) is 18.1 Å². The van der Waals surface area contributed by atoms with E-state index in [2.05, 4.69) is 27.7 Å². The van der Waals surface area contributed by atoms with Crippen molar-refractivity contribution in [3.8, 4) is 0 Å². The minimum atomic E-state index is -2.10. The molecule has 0 spiro atoms. The summed E-state index contributed by atoms with van der Waals surface area (Å²) >= 11 is 0. The number of ether oxygens (including phenoxy) is 4. The molecule has 59 heavy (non-hydrogen) atoms. The van der Waals surface area contributed by atoms with Gasteiger partial charge in [-0.2, -0.15) is 0 Å². The van der Waals surface area contributed by atoms with Crippen LogP contribution >= 0.6 is 0 Å². The molecule has 332 valence electrons. The van der Waals surface area contributed by atoms with Gasteiger partial charge in [0.1, 0.15) is 36.6 Å². The zero-order chi connectivity index (χ0) is 43.6. The Morgan fingerprint density at radius 1 is 0.729 bits per heavy atom. The second-order valence-electron chi connectivity index (χ2n) is 20.5. The fraction of sp³-hybridized carbons (Fsp3) is 0.857. The van der Waals surface area contributed by atoms with Crippen LogP contribution in [0.25, 0.3) is 0 Å². The van der Waals surface area contributed by atoms with Gasteiger partial charge in [-0.15, -0.1) is 0 Å². The van der Waals surface area contributed by atoms with Crippen LogP contribution in [0.2, 0.25) is 0 Å². The van der Waals surface area contributed by atoms with E-state index >= 15 is 0 Å². The fourth-order valence-corrected chi connectivity index (χ4v) is 13.4. The molecular formula is C42H62O17. The third-order valence-electron chi connectivity index (χ3n) is 17.4. The molecule has 0 bridgehead atoms. The normalized spacial score (nSPS) is 53.5. The van der Waals surface area contributed by atoms with E-state index in [-0.39, 0.29) is 29.5 Å². The Kier molecular flexibility index (Phi) is 11.1. The number of aliphatic hydroxyl groups is 6. The molecular weight excluding hydrogens is 776 g/mol. The quantitative estimate of drug-likeness (QED) is 0.155. The molecule has 0 radical (unpaired) electrons. The number of carboxylic acid groups (broad SMARTS) is 3. The van der Waals surface area contributed by atoms with E-state index in [1.807, 2.05) is 19.9 Å². The van der Waals surface area contributed by atoms with E-state index in [1.165, 1.54) is 0 Å². The summed E-state index contributed by atoms with van der Waals surface area (Å²) in [5.41, 5.74) is -2.63. The lowest BCUT2D eigenvalue weighted by molar-refractivity contribution is -0.372. The van der Waals surface area contributed by atoms with Crippen molar-refractivity contribution in [2.45, 2.75) is 167 Å². The number of ketones is 1. The molecule has 2 aliphatic heterocycles. The monoisotopic (exact) mass is 838 g/mol. The first-order valence-electron chi connectivity index (χ1n) is 20.9. The molecule has 7 rings (SSSR count). The molecule has 17 heteroatoms. The van der Waals surface area contributed by atoms with Gasteiger partial charge in [0.15, 0.2) is 30.6 Å². The zero-order valence-electron chi connectivity index (χ0n) is 34.5. The summed E-state index contributed by atoms with van der Waals surface area (Å²) in [5.74, 6) is -5.02. The standard InChI is InChI=1S/C42H62O17/c1-37-11-12-38(2,36(54)55)16-19(37)18-15-20(44)31-39(3)9-8-22(40(4,17-43)21(39)7-10-42(31,6)41(18,5)14-13-37)56-35-30(26(48)25(47)29(58-35)33(52)53)59-34-27(49)23(45)24(46)28(57-34)32(50)51/h15,19,21-31,34-35,43,45-49H,7-14,16-17H2,1-6H3,(H,50,51)(H,52,53)(H,54,55)/t19-,21-,22+,23+,24+,25+,26+,27-,28+,29+,30?,31-,34?,35?,37-,38-,39+,40-,41-,42-/m1/s1. The van der Waals surface area contributed by atoms with E-state index in [1.54, 1.807) is 0 Å². The first-order valence-corrected chi connectivity index (χ1v) is 20.9. The van der Waals surface area contributed by atoms with Crippen LogP contribution in [-0.4, -0.2) is 144 Å². The molecule has 0 aromatic heterocycles. The number of rotatable bonds is 8. The average molecular weight is 839 g/mol. The number of carbonyl (C=O) groups is 4.